The number of nitrogens with two attached hydrogens (primary N) is 2. The van der Waals surface area contributed by atoms with E-state index in [-0.39, 0.29) is 11.6 Å². The zero-order valence-corrected chi connectivity index (χ0v) is 15.6. The van der Waals surface area contributed by atoms with Crippen LogP contribution in [0.2, 0.25) is 0 Å². The van der Waals surface area contributed by atoms with Gasteiger partial charge < -0.3 is 21.6 Å². The molecule has 3 aromatic carbocycles. The van der Waals surface area contributed by atoms with E-state index in [9.17, 15) is 5.11 Å². The summed E-state index contributed by atoms with van der Waals surface area (Å²) in [5.41, 5.74) is 18.8. The van der Waals surface area contributed by atoms with Crippen molar-refractivity contribution >= 4 is 22.4 Å². The molecule has 0 saturated carbocycles. The fraction of sp³-hybridized carbons (Fsp3) is 0.0870. The molecule has 140 valence electrons. The molecule has 0 aliphatic carbocycles. The lowest BCUT2D eigenvalue weighted by Crippen LogP contribution is -2.10. The van der Waals surface area contributed by atoms with E-state index in [1.54, 1.807) is 6.07 Å². The molecule has 0 aliphatic rings. The average Bonchev–Trinajstić information content (AvgIpc) is 3.01. The van der Waals surface area contributed by atoms with Gasteiger partial charge in [-0.05, 0) is 60.5 Å². The van der Waals surface area contributed by atoms with Gasteiger partial charge in [-0.1, -0.05) is 23.8 Å². The van der Waals surface area contributed by atoms with Crippen LogP contribution in [0.5, 0.6) is 5.75 Å². The summed E-state index contributed by atoms with van der Waals surface area (Å²) in [6.07, 6.45) is 0.634. The number of aromatic hydroxyl groups is 1. The number of aromatic nitrogens is 1. The van der Waals surface area contributed by atoms with Gasteiger partial charge in [-0.3, -0.25) is 5.41 Å². The number of hydrogen-bond acceptors (Lipinski definition) is 3. The Hall–Kier alpha value is -3.73. The van der Waals surface area contributed by atoms with Crippen molar-refractivity contribution in [3.05, 3.63) is 82.9 Å². The van der Waals surface area contributed by atoms with Crippen molar-refractivity contribution in [1.29, 1.82) is 5.41 Å². The number of aryl methyl sites for hydroxylation is 1. The van der Waals surface area contributed by atoms with Crippen LogP contribution < -0.4 is 11.5 Å². The third kappa shape index (κ3) is 3.18. The number of amidine groups is 1. The van der Waals surface area contributed by atoms with E-state index in [0.29, 0.717) is 17.7 Å². The molecule has 7 N–H and O–H groups in total. The number of fused-ring (bicyclic) bond motifs is 1. The summed E-state index contributed by atoms with van der Waals surface area (Å²) in [6.45, 7) is 2.00. The number of phenols is 1. The van der Waals surface area contributed by atoms with Gasteiger partial charge in [-0.25, -0.2) is 0 Å². The number of nitrogen functional groups attached to an aromatic ring is 2. The third-order valence-corrected chi connectivity index (χ3v) is 4.97. The van der Waals surface area contributed by atoms with Crippen molar-refractivity contribution in [3.8, 4) is 17.0 Å². The zero-order valence-electron chi connectivity index (χ0n) is 15.6. The third-order valence-electron chi connectivity index (χ3n) is 4.97. The molecule has 1 heterocycles. The van der Waals surface area contributed by atoms with Gasteiger partial charge in [0.2, 0.25) is 0 Å². The Morgan fingerprint density at radius 2 is 1.89 bits per heavy atom. The summed E-state index contributed by atoms with van der Waals surface area (Å²) in [7, 11) is 0. The fourth-order valence-electron chi connectivity index (χ4n) is 3.59. The summed E-state index contributed by atoms with van der Waals surface area (Å²) in [5, 5.41) is 19.2. The molecular weight excluding hydrogens is 348 g/mol. The number of H-pyrrole nitrogens is 1. The molecule has 0 aliphatic heterocycles. The number of rotatable bonds is 4. The Balaban J connectivity index is 1.97. The van der Waals surface area contributed by atoms with Crippen LogP contribution in [-0.4, -0.2) is 15.9 Å². The topological polar surface area (TPSA) is 112 Å². The maximum atomic E-state index is 10.5. The number of benzene rings is 3. The molecule has 0 radical (unpaired) electrons. The molecule has 0 unspecified atom stereocenters. The van der Waals surface area contributed by atoms with E-state index >= 15 is 0 Å². The van der Waals surface area contributed by atoms with Gasteiger partial charge in [-0.2, -0.15) is 0 Å². The minimum absolute atomic E-state index is 0.0259. The molecule has 4 rings (SSSR count). The average molecular weight is 370 g/mol. The van der Waals surface area contributed by atoms with Gasteiger partial charge >= 0.3 is 0 Å². The van der Waals surface area contributed by atoms with Crippen molar-refractivity contribution in [2.45, 2.75) is 13.3 Å². The standard InChI is InChI=1S/C23H22N4O/c1-13-5-8-21(28)19(9-13)22-18(11-14-3-2-4-16(24)10-14)17-12-15(23(25)26)6-7-20(17)27-22/h2-10,12,27-28H,11,24H2,1H3,(H3,25,26). The van der Waals surface area contributed by atoms with Gasteiger partial charge in [0.25, 0.3) is 0 Å². The zero-order chi connectivity index (χ0) is 19.8. The number of nitrogens with one attached hydrogen (secondary N) is 2. The van der Waals surface area contributed by atoms with Crippen molar-refractivity contribution in [1.82, 2.24) is 4.98 Å². The second-order valence-corrected chi connectivity index (χ2v) is 7.10. The first-order valence-electron chi connectivity index (χ1n) is 9.06. The van der Waals surface area contributed by atoms with Crippen molar-refractivity contribution in [3.63, 3.8) is 0 Å². The maximum absolute atomic E-state index is 10.5. The monoisotopic (exact) mass is 370 g/mol. The second kappa shape index (κ2) is 6.78. The highest BCUT2D eigenvalue weighted by Gasteiger charge is 2.17. The molecule has 28 heavy (non-hydrogen) atoms. The van der Waals surface area contributed by atoms with Gasteiger partial charge in [0.1, 0.15) is 11.6 Å². The van der Waals surface area contributed by atoms with Crippen LogP contribution in [-0.2, 0) is 6.42 Å². The van der Waals surface area contributed by atoms with Crippen LogP contribution in [0, 0.1) is 12.3 Å². The Kier molecular flexibility index (Phi) is 4.28. The van der Waals surface area contributed by atoms with Crippen LogP contribution in [0.4, 0.5) is 5.69 Å². The van der Waals surface area contributed by atoms with E-state index in [1.807, 2.05) is 61.5 Å². The summed E-state index contributed by atoms with van der Waals surface area (Å²) >= 11 is 0. The molecule has 5 heteroatoms. The molecule has 4 aromatic rings. The van der Waals surface area contributed by atoms with E-state index in [2.05, 4.69) is 4.98 Å². The quantitative estimate of drug-likeness (QED) is 0.210. The van der Waals surface area contributed by atoms with Crippen molar-refractivity contribution in [2.75, 3.05) is 5.73 Å². The van der Waals surface area contributed by atoms with Crippen LogP contribution in [0.3, 0.4) is 0 Å². The van der Waals surface area contributed by atoms with Crippen molar-refractivity contribution < 1.29 is 5.11 Å². The highest BCUT2D eigenvalue weighted by Crippen LogP contribution is 2.37. The van der Waals surface area contributed by atoms with Gasteiger partial charge in [0, 0.05) is 34.1 Å². The van der Waals surface area contributed by atoms with Crippen LogP contribution in [0.1, 0.15) is 22.3 Å². The predicted octanol–water partition coefficient (Wildman–Crippen LogP) is 4.31. The van der Waals surface area contributed by atoms with E-state index in [1.165, 1.54) is 0 Å². The Morgan fingerprint density at radius 1 is 1.07 bits per heavy atom. The number of aromatic amines is 1. The maximum Gasteiger partial charge on any atom is 0.124 e. The lowest BCUT2D eigenvalue weighted by atomic mass is 9.96. The molecule has 0 amide bonds. The SMILES string of the molecule is Cc1ccc(O)c(-c2[nH]c3ccc(C(=N)N)cc3c2Cc2cccc(N)c2)c1. The summed E-state index contributed by atoms with van der Waals surface area (Å²) < 4.78 is 0. The second-order valence-electron chi connectivity index (χ2n) is 7.10. The largest absolute Gasteiger partial charge is 0.507 e. The van der Waals surface area contributed by atoms with E-state index in [4.69, 9.17) is 16.9 Å². The number of phenolic OH excluding ortho intramolecular Hbond substituents is 1. The predicted molar refractivity (Wildman–Crippen MR) is 115 cm³/mol. The van der Waals surface area contributed by atoms with Gasteiger partial charge in [-0.15, -0.1) is 0 Å². The molecule has 0 atom stereocenters. The van der Waals surface area contributed by atoms with Gasteiger partial charge in [0.15, 0.2) is 0 Å². The van der Waals surface area contributed by atoms with E-state index < -0.39 is 0 Å². The van der Waals surface area contributed by atoms with Crippen LogP contribution in [0.25, 0.3) is 22.2 Å². The lowest BCUT2D eigenvalue weighted by molar-refractivity contribution is 0.477. The van der Waals surface area contributed by atoms with Crippen molar-refractivity contribution in [2.24, 2.45) is 5.73 Å². The normalized spacial score (nSPS) is 11.0. The minimum Gasteiger partial charge on any atom is -0.507 e. The summed E-state index contributed by atoms with van der Waals surface area (Å²) in [4.78, 5) is 3.45. The van der Waals surface area contributed by atoms with Crippen LogP contribution in [0.15, 0.2) is 60.7 Å². The first kappa shape index (κ1) is 17.7. The lowest BCUT2D eigenvalue weighted by Gasteiger charge is -2.09. The highest BCUT2D eigenvalue weighted by molar-refractivity contribution is 6.01. The molecule has 0 fully saturated rings. The first-order chi connectivity index (χ1) is 13.4. The Bertz CT molecular complexity index is 1210. The Morgan fingerprint density at radius 3 is 2.64 bits per heavy atom. The molecule has 0 bridgehead atoms. The summed E-state index contributed by atoms with van der Waals surface area (Å²) in [5.74, 6) is 0.246. The fourth-order valence-corrected chi connectivity index (χ4v) is 3.59. The smallest absolute Gasteiger partial charge is 0.124 e. The number of hydrogen-bond donors (Lipinski definition) is 5. The van der Waals surface area contributed by atoms with E-state index in [0.717, 1.165) is 38.9 Å². The molecular formula is C23H22N4O. The molecule has 5 nitrogen and oxygen atoms in total. The molecule has 0 saturated heterocycles. The minimum atomic E-state index is 0.0259. The number of anilines is 1. The first-order valence-corrected chi connectivity index (χ1v) is 9.06. The molecule has 0 spiro atoms. The summed E-state index contributed by atoms with van der Waals surface area (Å²) in [6, 6.07) is 19.0. The Labute approximate surface area is 163 Å². The van der Waals surface area contributed by atoms with Crippen LogP contribution >= 0.6 is 0 Å². The highest BCUT2D eigenvalue weighted by atomic mass is 16.3. The van der Waals surface area contributed by atoms with Gasteiger partial charge in [0.05, 0.1) is 5.69 Å². The molecule has 1 aromatic heterocycles.